The Morgan fingerprint density at radius 2 is 2.16 bits per heavy atom. The van der Waals surface area contributed by atoms with Crippen LogP contribution in [-0.2, 0) is 5.54 Å². The van der Waals surface area contributed by atoms with E-state index in [1.807, 2.05) is 0 Å². The molecule has 1 fully saturated rings. The van der Waals surface area contributed by atoms with Crippen molar-refractivity contribution in [1.82, 2.24) is 0 Å². The number of alkyl halides is 1. The number of aliphatic hydroxyl groups excluding tert-OH is 1. The lowest BCUT2D eigenvalue weighted by molar-refractivity contribution is 0.231. The normalized spacial score (nSPS) is 30.8. The molecule has 1 aliphatic heterocycles. The molecule has 134 valence electrons. The zero-order chi connectivity index (χ0) is 18.5. The summed E-state index contributed by atoms with van der Waals surface area (Å²) in [7, 11) is -1.58. The second kappa shape index (κ2) is 6.11. The van der Waals surface area contributed by atoms with Gasteiger partial charge in [0.15, 0.2) is 5.17 Å². The van der Waals surface area contributed by atoms with Gasteiger partial charge in [0.1, 0.15) is 26.1 Å². The van der Waals surface area contributed by atoms with E-state index in [1.165, 1.54) is 17.8 Å². The number of hydrogen-bond donors (Lipinski definition) is 2. The fourth-order valence-corrected chi connectivity index (χ4v) is 5.15. The quantitative estimate of drug-likeness (QED) is 0.626. The first-order valence-electron chi connectivity index (χ1n) is 8.20. The van der Waals surface area contributed by atoms with Crippen molar-refractivity contribution in [3.8, 4) is 11.5 Å². The predicted octanol–water partition coefficient (Wildman–Crippen LogP) is 3.03. The molecule has 2 aliphatic rings. The zero-order valence-corrected chi connectivity index (χ0v) is 16.4. The maximum Gasteiger partial charge on any atom is 0.155 e. The molecule has 3 rings (SSSR count). The Balaban J connectivity index is 2.10. The molecule has 0 spiro atoms. The first kappa shape index (κ1) is 18.4. The number of halogens is 2. The van der Waals surface area contributed by atoms with Crippen LogP contribution in [0.4, 0.5) is 8.78 Å². The molecule has 0 amide bonds. The second-order valence-corrected chi connectivity index (χ2v) is 14.0. The molecule has 0 radical (unpaired) electrons. The number of benzene rings is 1. The highest BCUT2D eigenvalue weighted by Crippen LogP contribution is 2.65. The van der Waals surface area contributed by atoms with Crippen LogP contribution in [0.2, 0.25) is 19.6 Å². The molecule has 3 atom stereocenters. The number of amidine groups is 1. The van der Waals surface area contributed by atoms with E-state index >= 15 is 0 Å². The SMILES string of the molecule is C[Si](C)(C)C#Cc1ccc(F)c([C@@]2(CF)N=C(N)S[C@@]3(CO)CC32)c1. The van der Waals surface area contributed by atoms with Gasteiger partial charge >= 0.3 is 0 Å². The summed E-state index contributed by atoms with van der Waals surface area (Å²) in [6, 6.07) is 4.52. The third-order valence-electron chi connectivity index (χ3n) is 4.70. The van der Waals surface area contributed by atoms with E-state index in [4.69, 9.17) is 5.73 Å². The molecule has 0 aromatic heterocycles. The molecular formula is C18H22F2N2OSSi. The van der Waals surface area contributed by atoms with Gasteiger partial charge in [-0.25, -0.2) is 13.8 Å². The van der Waals surface area contributed by atoms with Gasteiger partial charge < -0.3 is 10.8 Å². The summed E-state index contributed by atoms with van der Waals surface area (Å²) in [4.78, 5) is 4.32. The van der Waals surface area contributed by atoms with Gasteiger partial charge in [-0.3, -0.25) is 0 Å². The van der Waals surface area contributed by atoms with E-state index < -0.39 is 30.9 Å². The zero-order valence-electron chi connectivity index (χ0n) is 14.6. The van der Waals surface area contributed by atoms with Gasteiger partial charge in [-0.05, 0) is 24.6 Å². The van der Waals surface area contributed by atoms with Crippen molar-refractivity contribution in [2.24, 2.45) is 16.6 Å². The molecule has 1 aromatic rings. The average Bonchev–Trinajstić information content (AvgIpc) is 3.28. The lowest BCUT2D eigenvalue weighted by Crippen LogP contribution is -2.41. The Bertz CT molecular complexity index is 798. The second-order valence-electron chi connectivity index (χ2n) is 7.78. The van der Waals surface area contributed by atoms with Crippen molar-refractivity contribution >= 4 is 25.0 Å². The van der Waals surface area contributed by atoms with Crippen molar-refractivity contribution in [3.05, 3.63) is 35.1 Å². The van der Waals surface area contributed by atoms with Crippen LogP contribution >= 0.6 is 11.8 Å². The van der Waals surface area contributed by atoms with Crippen LogP contribution in [0.15, 0.2) is 23.2 Å². The summed E-state index contributed by atoms with van der Waals surface area (Å²) in [5.74, 6) is 2.29. The van der Waals surface area contributed by atoms with E-state index in [9.17, 15) is 13.9 Å². The van der Waals surface area contributed by atoms with Crippen molar-refractivity contribution < 1.29 is 13.9 Å². The van der Waals surface area contributed by atoms with E-state index in [0.29, 0.717) is 12.0 Å². The van der Waals surface area contributed by atoms with Crippen LogP contribution < -0.4 is 5.73 Å². The molecule has 1 heterocycles. The number of fused-ring (bicyclic) bond motifs is 1. The number of nitrogens with zero attached hydrogens (tertiary/aromatic N) is 1. The lowest BCUT2D eigenvalue weighted by Gasteiger charge is -2.34. The molecule has 3 nitrogen and oxygen atoms in total. The van der Waals surface area contributed by atoms with Gasteiger partial charge in [0.05, 0.1) is 11.4 Å². The summed E-state index contributed by atoms with van der Waals surface area (Å²) < 4.78 is 28.3. The van der Waals surface area contributed by atoms with Crippen LogP contribution in [0.1, 0.15) is 17.5 Å². The summed E-state index contributed by atoms with van der Waals surface area (Å²) >= 11 is 1.26. The van der Waals surface area contributed by atoms with Gasteiger partial charge in [-0.1, -0.05) is 37.3 Å². The molecule has 1 saturated carbocycles. The van der Waals surface area contributed by atoms with E-state index in [-0.39, 0.29) is 23.3 Å². The molecule has 1 aromatic carbocycles. The standard InChI is InChI=1S/C18H22F2N2OSSi/c1-25(2,3)7-6-12-4-5-14(20)13(8-12)18(10-19)15-9-17(15,11-23)24-16(21)22-18/h4-5,8,15,23H,9-11H2,1-3H3,(H2,21,22)/t15?,17-,18-/m1/s1. The fourth-order valence-electron chi connectivity index (χ4n) is 3.35. The summed E-state index contributed by atoms with van der Waals surface area (Å²) in [6.07, 6.45) is 0.562. The molecule has 1 aliphatic carbocycles. The Kier molecular flexibility index (Phi) is 4.51. The third-order valence-corrected chi connectivity index (χ3v) is 6.87. The average molecular weight is 381 g/mol. The number of aliphatic imine (C=N–C) groups is 1. The van der Waals surface area contributed by atoms with Crippen LogP contribution in [0.3, 0.4) is 0 Å². The first-order chi connectivity index (χ1) is 11.7. The van der Waals surface area contributed by atoms with Crippen molar-refractivity contribution in [2.75, 3.05) is 13.3 Å². The Labute approximate surface area is 152 Å². The number of thioether (sulfide) groups is 1. The molecule has 0 saturated heterocycles. The minimum Gasteiger partial charge on any atom is -0.395 e. The first-order valence-corrected chi connectivity index (χ1v) is 12.5. The maximum atomic E-state index is 14.6. The molecule has 1 unspecified atom stereocenters. The predicted molar refractivity (Wildman–Crippen MR) is 101 cm³/mol. The molecule has 7 heteroatoms. The van der Waals surface area contributed by atoms with Crippen LogP contribution in [0, 0.1) is 23.2 Å². The number of hydrogen-bond acceptors (Lipinski definition) is 4. The maximum absolute atomic E-state index is 14.6. The molecule has 3 N–H and O–H groups in total. The topological polar surface area (TPSA) is 58.6 Å². The van der Waals surface area contributed by atoms with Gasteiger partial charge in [0, 0.05) is 17.0 Å². The summed E-state index contributed by atoms with van der Waals surface area (Å²) in [5, 5.41) is 9.91. The largest absolute Gasteiger partial charge is 0.395 e. The number of rotatable bonds is 3. The van der Waals surface area contributed by atoms with Crippen LogP contribution in [0.5, 0.6) is 0 Å². The minimum absolute atomic E-state index is 0.128. The van der Waals surface area contributed by atoms with Gasteiger partial charge in [-0.2, -0.15) is 0 Å². The van der Waals surface area contributed by atoms with Crippen molar-refractivity contribution in [2.45, 2.75) is 36.3 Å². The highest BCUT2D eigenvalue weighted by Gasteiger charge is 2.68. The van der Waals surface area contributed by atoms with Gasteiger partial charge in [0.2, 0.25) is 0 Å². The summed E-state index contributed by atoms with van der Waals surface area (Å²) in [5.41, 5.74) is 8.58. The van der Waals surface area contributed by atoms with Crippen molar-refractivity contribution in [1.29, 1.82) is 0 Å². The fraction of sp³-hybridized carbons (Fsp3) is 0.500. The molecular weight excluding hydrogens is 358 g/mol. The lowest BCUT2D eigenvalue weighted by atomic mass is 9.84. The Hall–Kier alpha value is -1.36. The van der Waals surface area contributed by atoms with Crippen LogP contribution in [-0.4, -0.2) is 36.4 Å². The van der Waals surface area contributed by atoms with Crippen molar-refractivity contribution in [3.63, 3.8) is 0 Å². The minimum atomic E-state index is -1.58. The van der Waals surface area contributed by atoms with E-state index in [0.717, 1.165) is 0 Å². The third kappa shape index (κ3) is 3.23. The Morgan fingerprint density at radius 1 is 1.44 bits per heavy atom. The van der Waals surface area contributed by atoms with Crippen LogP contribution in [0.25, 0.3) is 0 Å². The molecule has 25 heavy (non-hydrogen) atoms. The van der Waals surface area contributed by atoms with E-state index in [1.54, 1.807) is 12.1 Å². The van der Waals surface area contributed by atoms with Gasteiger partial charge in [0.25, 0.3) is 0 Å². The Morgan fingerprint density at radius 3 is 2.76 bits per heavy atom. The summed E-state index contributed by atoms with van der Waals surface area (Å²) in [6.45, 7) is 5.38. The highest BCUT2D eigenvalue weighted by molar-refractivity contribution is 8.15. The number of aliphatic hydroxyl groups is 1. The smallest absolute Gasteiger partial charge is 0.155 e. The highest BCUT2D eigenvalue weighted by atomic mass is 32.2. The van der Waals surface area contributed by atoms with Gasteiger partial charge in [-0.15, -0.1) is 5.54 Å². The van der Waals surface area contributed by atoms with E-state index in [2.05, 4.69) is 36.1 Å². The number of nitrogens with two attached hydrogens (primary N) is 1. The molecule has 0 bridgehead atoms. The monoisotopic (exact) mass is 380 g/mol.